The summed E-state index contributed by atoms with van der Waals surface area (Å²) in [5, 5.41) is 2.88. The van der Waals surface area contributed by atoms with Gasteiger partial charge in [-0.05, 0) is 45.3 Å². The van der Waals surface area contributed by atoms with Crippen LogP contribution in [0.2, 0.25) is 0 Å². The van der Waals surface area contributed by atoms with Crippen LogP contribution in [0.4, 0.5) is 0 Å². The summed E-state index contributed by atoms with van der Waals surface area (Å²) in [7, 11) is 0. The molecule has 1 heterocycles. The number of hydrogen-bond acceptors (Lipinski definition) is 4. The molecule has 1 aromatic heterocycles. The van der Waals surface area contributed by atoms with E-state index < -0.39 is 0 Å². The number of unbranched alkanes of at least 4 members (excludes halogenated alkanes) is 1. The van der Waals surface area contributed by atoms with Crippen molar-refractivity contribution in [3.8, 4) is 0 Å². The van der Waals surface area contributed by atoms with Crippen LogP contribution in [0.1, 0.15) is 50.0 Å². The van der Waals surface area contributed by atoms with Crippen molar-refractivity contribution >= 4 is 5.91 Å². The topological polar surface area (TPSA) is 58.1 Å². The average Bonchev–Trinajstić information content (AvgIpc) is 2.48. The van der Waals surface area contributed by atoms with Crippen LogP contribution in [-0.4, -0.2) is 47.0 Å². The molecule has 0 aliphatic carbocycles. The maximum Gasteiger partial charge on any atom is 0.271 e. The third-order valence-electron chi connectivity index (χ3n) is 3.06. The van der Waals surface area contributed by atoms with E-state index in [0.29, 0.717) is 12.2 Å². The van der Waals surface area contributed by atoms with E-state index >= 15 is 0 Å². The number of carbonyl (C=O) groups is 1. The highest BCUT2D eigenvalue weighted by atomic mass is 16.1. The smallest absolute Gasteiger partial charge is 0.271 e. The SMILES string of the molecule is CCCN(CCC)CCCCNC(=O)c1cnccn1. The second kappa shape index (κ2) is 10.3. The predicted molar refractivity (Wildman–Crippen MR) is 80.6 cm³/mol. The third-order valence-corrected chi connectivity index (χ3v) is 3.06. The molecule has 1 amide bonds. The molecule has 112 valence electrons. The lowest BCUT2D eigenvalue weighted by atomic mass is 10.2. The molecule has 0 saturated carbocycles. The molecule has 0 fully saturated rings. The molecule has 1 rings (SSSR count). The van der Waals surface area contributed by atoms with E-state index in [1.165, 1.54) is 38.3 Å². The Balaban J connectivity index is 2.13. The second-order valence-corrected chi connectivity index (χ2v) is 4.90. The summed E-state index contributed by atoms with van der Waals surface area (Å²) in [5.74, 6) is -0.142. The molecular formula is C15H26N4O. The van der Waals surface area contributed by atoms with Gasteiger partial charge in [0.25, 0.3) is 5.91 Å². The third kappa shape index (κ3) is 6.61. The van der Waals surface area contributed by atoms with Crippen LogP contribution in [0, 0.1) is 0 Å². The molecule has 20 heavy (non-hydrogen) atoms. The van der Waals surface area contributed by atoms with Gasteiger partial charge in [-0.25, -0.2) is 4.98 Å². The summed E-state index contributed by atoms with van der Waals surface area (Å²) in [6, 6.07) is 0. The van der Waals surface area contributed by atoms with E-state index in [1.807, 2.05) is 0 Å². The highest BCUT2D eigenvalue weighted by molar-refractivity contribution is 5.91. The lowest BCUT2D eigenvalue weighted by Gasteiger charge is -2.20. The predicted octanol–water partition coefficient (Wildman–Crippen LogP) is 2.11. The number of nitrogens with one attached hydrogen (secondary N) is 1. The maximum atomic E-state index is 11.7. The fourth-order valence-corrected chi connectivity index (χ4v) is 2.14. The van der Waals surface area contributed by atoms with Crippen LogP contribution in [0.5, 0.6) is 0 Å². The van der Waals surface area contributed by atoms with E-state index in [1.54, 1.807) is 6.20 Å². The van der Waals surface area contributed by atoms with Crippen molar-refractivity contribution in [2.75, 3.05) is 26.2 Å². The molecule has 5 heteroatoms. The molecule has 0 spiro atoms. The van der Waals surface area contributed by atoms with Crippen LogP contribution in [0.15, 0.2) is 18.6 Å². The van der Waals surface area contributed by atoms with Gasteiger partial charge in [0.05, 0.1) is 6.20 Å². The summed E-state index contributed by atoms with van der Waals surface area (Å²) in [5.41, 5.74) is 0.381. The van der Waals surface area contributed by atoms with Crippen LogP contribution in [-0.2, 0) is 0 Å². The Morgan fingerprint density at radius 1 is 1.15 bits per heavy atom. The molecule has 0 unspecified atom stereocenters. The zero-order valence-corrected chi connectivity index (χ0v) is 12.6. The van der Waals surface area contributed by atoms with Crippen molar-refractivity contribution in [3.05, 3.63) is 24.3 Å². The van der Waals surface area contributed by atoms with Gasteiger partial charge in [0.15, 0.2) is 0 Å². The first kappa shape index (κ1) is 16.6. The number of carbonyl (C=O) groups excluding carboxylic acids is 1. The van der Waals surface area contributed by atoms with Gasteiger partial charge in [-0.1, -0.05) is 13.8 Å². The van der Waals surface area contributed by atoms with Crippen molar-refractivity contribution in [3.63, 3.8) is 0 Å². The normalized spacial score (nSPS) is 10.8. The quantitative estimate of drug-likeness (QED) is 0.666. The zero-order valence-electron chi connectivity index (χ0n) is 12.6. The largest absolute Gasteiger partial charge is 0.351 e. The standard InChI is InChI=1S/C15H26N4O/c1-3-10-19(11-4-2)12-6-5-7-18-15(20)14-13-16-8-9-17-14/h8-9,13H,3-7,10-12H2,1-2H3,(H,18,20). The molecule has 0 atom stereocenters. The highest BCUT2D eigenvalue weighted by Gasteiger charge is 2.06. The number of amides is 1. The molecule has 0 aromatic carbocycles. The Labute approximate surface area is 121 Å². The van der Waals surface area contributed by atoms with Crippen molar-refractivity contribution in [1.29, 1.82) is 0 Å². The molecule has 5 nitrogen and oxygen atoms in total. The first-order chi connectivity index (χ1) is 9.77. The molecule has 1 aromatic rings. The van der Waals surface area contributed by atoms with Gasteiger partial charge in [0.2, 0.25) is 0 Å². The molecule has 0 radical (unpaired) electrons. The van der Waals surface area contributed by atoms with Crippen molar-refractivity contribution in [1.82, 2.24) is 20.2 Å². The van der Waals surface area contributed by atoms with Crippen LogP contribution in [0.3, 0.4) is 0 Å². The minimum atomic E-state index is -0.142. The summed E-state index contributed by atoms with van der Waals surface area (Å²) in [4.78, 5) is 22.1. The Bertz CT molecular complexity index is 363. The van der Waals surface area contributed by atoms with Gasteiger partial charge < -0.3 is 10.2 Å². The summed E-state index contributed by atoms with van der Waals surface area (Å²) >= 11 is 0. The van der Waals surface area contributed by atoms with Gasteiger partial charge in [-0.2, -0.15) is 0 Å². The second-order valence-electron chi connectivity index (χ2n) is 4.90. The number of nitrogens with zero attached hydrogens (tertiary/aromatic N) is 3. The maximum absolute atomic E-state index is 11.7. The van der Waals surface area contributed by atoms with E-state index in [-0.39, 0.29) is 5.91 Å². The Morgan fingerprint density at radius 2 is 1.90 bits per heavy atom. The van der Waals surface area contributed by atoms with Crippen LogP contribution >= 0.6 is 0 Å². The Hall–Kier alpha value is -1.49. The van der Waals surface area contributed by atoms with Crippen LogP contribution < -0.4 is 5.32 Å². The molecular weight excluding hydrogens is 252 g/mol. The van der Waals surface area contributed by atoms with E-state index in [0.717, 1.165) is 19.4 Å². The molecule has 0 aliphatic heterocycles. The summed E-state index contributed by atoms with van der Waals surface area (Å²) in [6.07, 6.45) is 9.08. The first-order valence-corrected chi connectivity index (χ1v) is 7.54. The Kier molecular flexibility index (Phi) is 8.54. The summed E-state index contributed by atoms with van der Waals surface area (Å²) < 4.78 is 0. The number of hydrogen-bond donors (Lipinski definition) is 1. The van der Waals surface area contributed by atoms with Crippen LogP contribution in [0.25, 0.3) is 0 Å². The minimum Gasteiger partial charge on any atom is -0.351 e. The monoisotopic (exact) mass is 278 g/mol. The fourth-order valence-electron chi connectivity index (χ4n) is 2.14. The fraction of sp³-hybridized carbons (Fsp3) is 0.667. The van der Waals surface area contributed by atoms with Gasteiger partial charge in [-0.3, -0.25) is 9.78 Å². The van der Waals surface area contributed by atoms with Gasteiger partial charge >= 0.3 is 0 Å². The highest BCUT2D eigenvalue weighted by Crippen LogP contribution is 1.98. The zero-order chi connectivity index (χ0) is 14.6. The summed E-state index contributed by atoms with van der Waals surface area (Å²) in [6.45, 7) is 8.57. The lowest BCUT2D eigenvalue weighted by Crippen LogP contribution is -2.28. The molecule has 1 N–H and O–H groups in total. The minimum absolute atomic E-state index is 0.142. The van der Waals surface area contributed by atoms with E-state index in [4.69, 9.17) is 0 Å². The van der Waals surface area contributed by atoms with Crippen molar-refractivity contribution in [2.24, 2.45) is 0 Å². The lowest BCUT2D eigenvalue weighted by molar-refractivity contribution is 0.0947. The van der Waals surface area contributed by atoms with Gasteiger partial charge in [-0.15, -0.1) is 0 Å². The van der Waals surface area contributed by atoms with Crippen molar-refractivity contribution < 1.29 is 4.79 Å². The van der Waals surface area contributed by atoms with Gasteiger partial charge in [0, 0.05) is 18.9 Å². The molecule has 0 bridgehead atoms. The Morgan fingerprint density at radius 3 is 2.50 bits per heavy atom. The van der Waals surface area contributed by atoms with E-state index in [2.05, 4.69) is 34.0 Å². The molecule has 0 saturated heterocycles. The first-order valence-electron chi connectivity index (χ1n) is 7.54. The average molecular weight is 278 g/mol. The van der Waals surface area contributed by atoms with Gasteiger partial charge in [0.1, 0.15) is 5.69 Å². The number of aromatic nitrogens is 2. The number of rotatable bonds is 10. The van der Waals surface area contributed by atoms with E-state index in [9.17, 15) is 4.79 Å². The molecule has 0 aliphatic rings. The van der Waals surface area contributed by atoms with Crippen molar-refractivity contribution in [2.45, 2.75) is 39.5 Å².